The van der Waals surface area contributed by atoms with Gasteiger partial charge in [-0.25, -0.2) is 0 Å². The van der Waals surface area contributed by atoms with Gasteiger partial charge in [-0.15, -0.1) is 0 Å². The highest BCUT2D eigenvalue weighted by atomic mass is 16.4. The lowest BCUT2D eigenvalue weighted by Gasteiger charge is -2.18. The van der Waals surface area contributed by atoms with Crippen LogP contribution in [0.4, 0.5) is 0 Å². The number of rotatable bonds is 6. The molecule has 0 saturated carbocycles. The van der Waals surface area contributed by atoms with Crippen LogP contribution in [0, 0.1) is 6.92 Å². The Balaban J connectivity index is 0.000000386. The smallest absolute Gasteiger partial charge is 0.322 e. The van der Waals surface area contributed by atoms with Crippen LogP contribution in [0.25, 0.3) is 0 Å². The van der Waals surface area contributed by atoms with Crippen molar-refractivity contribution in [2.24, 2.45) is 0 Å². The first-order valence-corrected chi connectivity index (χ1v) is 9.69. The van der Waals surface area contributed by atoms with Crippen LogP contribution >= 0.6 is 0 Å². The SMILES string of the molecule is CC1=C(CCCC(=O)NCC(=O)O)C(=O)c2ccccc2C1=O.Cc1ccccc1. The number of allylic oxidation sites excluding steroid dienone is 2. The molecule has 0 fully saturated rings. The fourth-order valence-corrected chi connectivity index (χ4v) is 3.07. The number of nitrogens with one attached hydrogen (secondary N) is 1. The molecule has 0 heterocycles. The number of aliphatic carboxylic acids is 1. The summed E-state index contributed by atoms with van der Waals surface area (Å²) in [7, 11) is 0. The second-order valence-corrected chi connectivity index (χ2v) is 6.99. The first-order valence-electron chi connectivity index (χ1n) is 9.69. The van der Waals surface area contributed by atoms with E-state index < -0.39 is 12.5 Å². The summed E-state index contributed by atoms with van der Waals surface area (Å²) in [6, 6.07) is 16.9. The normalized spacial score (nSPS) is 12.6. The van der Waals surface area contributed by atoms with Crippen LogP contribution in [0.5, 0.6) is 0 Å². The van der Waals surface area contributed by atoms with Crippen LogP contribution in [0.15, 0.2) is 65.7 Å². The Labute approximate surface area is 175 Å². The van der Waals surface area contributed by atoms with Crippen molar-refractivity contribution in [2.75, 3.05) is 6.54 Å². The number of hydrogen-bond acceptors (Lipinski definition) is 4. The summed E-state index contributed by atoms with van der Waals surface area (Å²) in [5, 5.41) is 10.7. The molecule has 3 rings (SSSR count). The van der Waals surface area contributed by atoms with E-state index in [-0.39, 0.29) is 23.9 Å². The van der Waals surface area contributed by atoms with Crippen molar-refractivity contribution in [3.05, 3.63) is 82.4 Å². The average Bonchev–Trinajstić information content (AvgIpc) is 2.74. The molecule has 1 aliphatic carbocycles. The Hall–Kier alpha value is -3.54. The molecular weight excluding hydrogens is 382 g/mol. The molecule has 0 unspecified atom stereocenters. The van der Waals surface area contributed by atoms with E-state index in [1.165, 1.54) is 5.56 Å². The van der Waals surface area contributed by atoms with Gasteiger partial charge in [-0.1, -0.05) is 60.2 Å². The maximum Gasteiger partial charge on any atom is 0.322 e. The first kappa shape index (κ1) is 22.7. The van der Waals surface area contributed by atoms with E-state index in [0.717, 1.165) is 0 Å². The van der Waals surface area contributed by atoms with E-state index in [9.17, 15) is 19.2 Å². The third kappa shape index (κ3) is 6.24. The van der Waals surface area contributed by atoms with E-state index in [1.54, 1.807) is 31.2 Å². The molecule has 6 nitrogen and oxygen atoms in total. The predicted octanol–water partition coefficient (Wildman–Crippen LogP) is 3.75. The summed E-state index contributed by atoms with van der Waals surface area (Å²) in [4.78, 5) is 46.6. The molecule has 0 aromatic heterocycles. The fraction of sp³-hybridized carbons (Fsp3) is 0.250. The lowest BCUT2D eigenvalue weighted by Crippen LogP contribution is -2.29. The van der Waals surface area contributed by atoms with Gasteiger partial charge in [0.2, 0.25) is 5.91 Å². The summed E-state index contributed by atoms with van der Waals surface area (Å²) in [6.07, 6.45) is 0.789. The minimum absolute atomic E-state index is 0.104. The molecule has 0 aliphatic heterocycles. The molecule has 156 valence electrons. The maximum absolute atomic E-state index is 12.5. The van der Waals surface area contributed by atoms with E-state index in [2.05, 4.69) is 24.4 Å². The van der Waals surface area contributed by atoms with Crippen molar-refractivity contribution in [2.45, 2.75) is 33.1 Å². The van der Waals surface area contributed by atoms with Gasteiger partial charge in [0.1, 0.15) is 6.54 Å². The van der Waals surface area contributed by atoms with Crippen molar-refractivity contribution in [3.8, 4) is 0 Å². The highest BCUT2D eigenvalue weighted by Crippen LogP contribution is 2.28. The number of carboxylic acids is 1. The van der Waals surface area contributed by atoms with Gasteiger partial charge in [0.05, 0.1) is 0 Å². The molecule has 2 N–H and O–H groups in total. The molecule has 30 heavy (non-hydrogen) atoms. The van der Waals surface area contributed by atoms with Crippen molar-refractivity contribution >= 4 is 23.4 Å². The van der Waals surface area contributed by atoms with Gasteiger partial charge >= 0.3 is 5.97 Å². The molecule has 0 atom stereocenters. The zero-order valence-corrected chi connectivity index (χ0v) is 17.1. The number of hydrogen-bond donors (Lipinski definition) is 2. The largest absolute Gasteiger partial charge is 0.480 e. The Kier molecular flexibility index (Phi) is 8.23. The van der Waals surface area contributed by atoms with Crippen LogP contribution in [-0.4, -0.2) is 35.1 Å². The summed E-state index contributed by atoms with van der Waals surface area (Å²) >= 11 is 0. The molecule has 1 aliphatic rings. The van der Waals surface area contributed by atoms with Gasteiger partial charge < -0.3 is 10.4 Å². The van der Waals surface area contributed by atoms with Crippen LogP contribution in [0.2, 0.25) is 0 Å². The summed E-state index contributed by atoms with van der Waals surface area (Å²) in [6.45, 7) is 3.28. The second kappa shape index (κ2) is 10.9. The standard InChI is InChI=1S/C17H17NO5.C7H8/c1-10-11(7-4-8-14(19)18-9-15(20)21)17(23)13-6-3-2-5-12(13)16(10)22;1-7-5-3-2-4-6-7/h2-3,5-6H,4,7-9H2,1H3,(H,18,19)(H,20,21);2-6H,1H3. The number of carboxylic acid groups (broad SMARTS) is 1. The van der Waals surface area contributed by atoms with E-state index >= 15 is 0 Å². The fourth-order valence-electron chi connectivity index (χ4n) is 3.07. The minimum Gasteiger partial charge on any atom is -0.480 e. The maximum atomic E-state index is 12.5. The zero-order chi connectivity index (χ0) is 22.1. The minimum atomic E-state index is -1.11. The Morgan fingerprint density at radius 2 is 1.43 bits per heavy atom. The summed E-state index contributed by atoms with van der Waals surface area (Å²) in [5.74, 6) is -1.84. The lowest BCUT2D eigenvalue weighted by molar-refractivity contribution is -0.137. The number of carbonyl (C=O) groups is 4. The van der Waals surface area contributed by atoms with Crippen LogP contribution in [0.1, 0.15) is 52.5 Å². The molecule has 2 aromatic carbocycles. The third-order valence-corrected chi connectivity index (χ3v) is 4.69. The number of benzene rings is 2. The van der Waals surface area contributed by atoms with Crippen molar-refractivity contribution < 1.29 is 24.3 Å². The quantitative estimate of drug-likeness (QED) is 0.760. The monoisotopic (exact) mass is 407 g/mol. The Morgan fingerprint density at radius 3 is 1.97 bits per heavy atom. The number of Topliss-reactive ketones (excluding diaryl/α,β-unsaturated/α-hetero) is 2. The average molecular weight is 407 g/mol. The van der Waals surface area contributed by atoms with Gasteiger partial charge in [0.25, 0.3) is 0 Å². The molecule has 0 saturated heterocycles. The van der Waals surface area contributed by atoms with Gasteiger partial charge in [-0.3, -0.25) is 19.2 Å². The second-order valence-electron chi connectivity index (χ2n) is 6.99. The number of carbonyl (C=O) groups excluding carboxylic acids is 3. The molecular formula is C24H25NO5. The molecule has 2 aromatic rings. The van der Waals surface area contributed by atoms with Crippen LogP contribution in [0.3, 0.4) is 0 Å². The number of amides is 1. The molecule has 0 spiro atoms. The first-order chi connectivity index (χ1) is 14.3. The molecule has 1 amide bonds. The zero-order valence-electron chi connectivity index (χ0n) is 17.1. The van der Waals surface area contributed by atoms with E-state index in [1.807, 2.05) is 18.2 Å². The number of fused-ring (bicyclic) bond motifs is 1. The van der Waals surface area contributed by atoms with Crippen molar-refractivity contribution in [1.82, 2.24) is 5.32 Å². The molecule has 0 bridgehead atoms. The highest BCUT2D eigenvalue weighted by Gasteiger charge is 2.28. The summed E-state index contributed by atoms with van der Waals surface area (Å²) < 4.78 is 0. The molecule has 6 heteroatoms. The van der Waals surface area contributed by atoms with Gasteiger partial charge in [-0.2, -0.15) is 0 Å². The van der Waals surface area contributed by atoms with E-state index in [4.69, 9.17) is 5.11 Å². The number of aryl methyl sites for hydroxylation is 1. The Morgan fingerprint density at radius 1 is 0.867 bits per heavy atom. The third-order valence-electron chi connectivity index (χ3n) is 4.69. The van der Waals surface area contributed by atoms with Crippen molar-refractivity contribution in [3.63, 3.8) is 0 Å². The van der Waals surface area contributed by atoms with Gasteiger partial charge in [-0.05, 0) is 26.7 Å². The summed E-state index contributed by atoms with van der Waals surface area (Å²) in [5.41, 5.74) is 2.98. The van der Waals surface area contributed by atoms with Crippen molar-refractivity contribution in [1.29, 1.82) is 0 Å². The van der Waals surface area contributed by atoms with Gasteiger partial charge in [0, 0.05) is 28.7 Å². The lowest BCUT2D eigenvalue weighted by atomic mass is 9.83. The van der Waals surface area contributed by atoms with Crippen LogP contribution < -0.4 is 5.32 Å². The van der Waals surface area contributed by atoms with E-state index in [0.29, 0.717) is 35.1 Å². The van der Waals surface area contributed by atoms with Gasteiger partial charge in [0.15, 0.2) is 11.6 Å². The topological polar surface area (TPSA) is 101 Å². The molecule has 0 radical (unpaired) electrons. The van der Waals surface area contributed by atoms with Crippen LogP contribution in [-0.2, 0) is 9.59 Å². The predicted molar refractivity (Wildman–Crippen MR) is 113 cm³/mol. The Bertz CT molecular complexity index is 976. The highest BCUT2D eigenvalue weighted by molar-refractivity contribution is 6.26. The number of ketones is 2.